The average Bonchev–Trinajstić information content (AvgIpc) is 2.87. The van der Waals surface area contributed by atoms with Gasteiger partial charge in [-0.15, -0.1) is 0 Å². The molecule has 0 amide bonds. The second-order valence-corrected chi connectivity index (χ2v) is 6.79. The molecule has 2 N–H and O–H groups in total. The third-order valence-electron chi connectivity index (χ3n) is 3.23. The van der Waals surface area contributed by atoms with Gasteiger partial charge in [-0.05, 0) is 37.6 Å². The van der Waals surface area contributed by atoms with Crippen LogP contribution in [0.2, 0.25) is 0 Å². The zero-order valence-electron chi connectivity index (χ0n) is 12.5. The van der Waals surface area contributed by atoms with Gasteiger partial charge in [-0.3, -0.25) is 4.79 Å². The van der Waals surface area contributed by atoms with E-state index in [1.54, 1.807) is 13.0 Å². The van der Waals surface area contributed by atoms with E-state index in [1.165, 1.54) is 25.1 Å². The minimum atomic E-state index is -4.25. The molecule has 1 aromatic carbocycles. The van der Waals surface area contributed by atoms with E-state index in [1.807, 2.05) is 0 Å². The fraction of sp³-hybridized carbons (Fsp3) is 0.267. The van der Waals surface area contributed by atoms with E-state index in [4.69, 9.17) is 9.52 Å². The third-order valence-corrected chi connectivity index (χ3v) is 4.72. The van der Waals surface area contributed by atoms with Gasteiger partial charge in [0.2, 0.25) is 10.0 Å². The summed E-state index contributed by atoms with van der Waals surface area (Å²) in [6, 6.07) is 5.92. The Morgan fingerprint density at radius 1 is 1.30 bits per heavy atom. The molecule has 0 aliphatic carbocycles. The van der Waals surface area contributed by atoms with Crippen molar-refractivity contribution in [2.45, 2.75) is 31.2 Å². The highest BCUT2D eigenvalue weighted by Crippen LogP contribution is 2.24. The minimum absolute atomic E-state index is 0.154. The highest BCUT2D eigenvalue weighted by Gasteiger charge is 2.28. The molecule has 2 rings (SSSR count). The first-order valence-corrected chi connectivity index (χ1v) is 8.24. The van der Waals surface area contributed by atoms with Gasteiger partial charge in [0.15, 0.2) is 0 Å². The summed E-state index contributed by atoms with van der Waals surface area (Å²) in [6.45, 7) is 3.09. The van der Waals surface area contributed by atoms with E-state index in [0.717, 1.165) is 6.07 Å². The number of carbonyl (C=O) groups is 1. The molecule has 23 heavy (non-hydrogen) atoms. The molecule has 1 aromatic heterocycles. The molecule has 6 nitrogen and oxygen atoms in total. The number of rotatable bonds is 6. The molecule has 0 spiro atoms. The van der Waals surface area contributed by atoms with E-state index < -0.39 is 39.2 Å². The summed E-state index contributed by atoms with van der Waals surface area (Å²) in [7, 11) is -4.25. The summed E-state index contributed by atoms with van der Waals surface area (Å²) in [5, 5.41) is 8.97. The van der Waals surface area contributed by atoms with Crippen LogP contribution in [-0.4, -0.2) is 19.5 Å². The Morgan fingerprint density at radius 2 is 2.00 bits per heavy atom. The van der Waals surface area contributed by atoms with Crippen molar-refractivity contribution in [1.82, 2.24) is 4.72 Å². The Kier molecular flexibility index (Phi) is 4.86. The lowest BCUT2D eigenvalue weighted by Gasteiger charge is -2.16. The zero-order valence-corrected chi connectivity index (χ0v) is 13.4. The van der Waals surface area contributed by atoms with E-state index in [2.05, 4.69) is 4.72 Å². The van der Waals surface area contributed by atoms with E-state index in [9.17, 15) is 17.6 Å². The number of carboxylic acids is 1. The zero-order chi connectivity index (χ0) is 17.2. The molecular formula is C15H16FNO5S. The van der Waals surface area contributed by atoms with Crippen molar-refractivity contribution in [3.8, 4) is 0 Å². The minimum Gasteiger partial charge on any atom is -0.481 e. The van der Waals surface area contributed by atoms with Crippen molar-refractivity contribution < 1.29 is 27.1 Å². The monoisotopic (exact) mass is 341 g/mol. The van der Waals surface area contributed by atoms with Gasteiger partial charge < -0.3 is 9.52 Å². The standard InChI is InChI=1S/C15H16FNO5S/c1-9-4-3-5-13(15(9)16)23(20,21)17-11(8-14(18)19)12-7-6-10(2)22-12/h3-7,11,17H,8H2,1-2H3,(H,18,19). The van der Waals surface area contributed by atoms with Crippen molar-refractivity contribution >= 4 is 16.0 Å². The van der Waals surface area contributed by atoms with Crippen molar-refractivity contribution in [3.05, 3.63) is 53.2 Å². The van der Waals surface area contributed by atoms with Gasteiger partial charge in [0.25, 0.3) is 0 Å². The maximum atomic E-state index is 14.1. The van der Waals surface area contributed by atoms with Crippen LogP contribution in [0.15, 0.2) is 39.6 Å². The number of halogens is 1. The number of hydrogen-bond acceptors (Lipinski definition) is 4. The Labute approximate surface area is 133 Å². The van der Waals surface area contributed by atoms with Gasteiger partial charge in [-0.1, -0.05) is 12.1 Å². The first-order chi connectivity index (χ1) is 10.7. The number of furan rings is 1. The first-order valence-electron chi connectivity index (χ1n) is 6.76. The SMILES string of the molecule is Cc1ccc(C(CC(=O)O)NS(=O)(=O)c2cccc(C)c2F)o1. The number of carboxylic acid groups (broad SMARTS) is 1. The van der Waals surface area contributed by atoms with Crippen LogP contribution >= 0.6 is 0 Å². The third kappa shape index (κ3) is 3.96. The number of nitrogens with one attached hydrogen (secondary N) is 1. The molecule has 0 aliphatic rings. The molecule has 1 unspecified atom stereocenters. The molecule has 0 bridgehead atoms. The number of sulfonamides is 1. The lowest BCUT2D eigenvalue weighted by Crippen LogP contribution is -2.30. The van der Waals surface area contributed by atoms with Crippen LogP contribution in [0.3, 0.4) is 0 Å². The van der Waals surface area contributed by atoms with Gasteiger partial charge >= 0.3 is 5.97 Å². The lowest BCUT2D eigenvalue weighted by atomic mass is 10.2. The number of benzene rings is 1. The summed E-state index contributed by atoms with van der Waals surface area (Å²) in [5.74, 6) is -1.42. The summed E-state index contributed by atoms with van der Waals surface area (Å²) >= 11 is 0. The summed E-state index contributed by atoms with van der Waals surface area (Å²) < 4.78 is 46.3. The second kappa shape index (κ2) is 6.51. The maximum Gasteiger partial charge on any atom is 0.305 e. The quantitative estimate of drug-likeness (QED) is 0.841. The van der Waals surface area contributed by atoms with Crippen molar-refractivity contribution in [2.24, 2.45) is 0 Å². The van der Waals surface area contributed by atoms with E-state index >= 15 is 0 Å². The molecule has 0 saturated heterocycles. The predicted octanol–water partition coefficient (Wildman–Crippen LogP) is 2.53. The van der Waals surface area contributed by atoms with Crippen molar-refractivity contribution in [1.29, 1.82) is 0 Å². The van der Waals surface area contributed by atoms with Crippen LogP contribution in [0.1, 0.15) is 29.5 Å². The Hall–Kier alpha value is -2.19. The highest BCUT2D eigenvalue weighted by atomic mass is 32.2. The Bertz CT molecular complexity index is 828. The Morgan fingerprint density at radius 3 is 2.57 bits per heavy atom. The fourth-order valence-electron chi connectivity index (χ4n) is 2.09. The van der Waals surface area contributed by atoms with Crippen molar-refractivity contribution in [3.63, 3.8) is 0 Å². The van der Waals surface area contributed by atoms with E-state index in [-0.39, 0.29) is 11.3 Å². The Balaban J connectivity index is 2.38. The van der Waals surface area contributed by atoms with Crippen LogP contribution < -0.4 is 4.72 Å². The smallest absolute Gasteiger partial charge is 0.305 e. The average molecular weight is 341 g/mol. The molecule has 0 fully saturated rings. The normalized spacial score (nSPS) is 13.0. The second-order valence-electron chi connectivity index (χ2n) is 5.11. The molecule has 1 heterocycles. The molecule has 2 aromatic rings. The van der Waals surface area contributed by atoms with Gasteiger partial charge in [0.05, 0.1) is 12.5 Å². The molecular weight excluding hydrogens is 325 g/mol. The fourth-order valence-corrected chi connectivity index (χ4v) is 3.45. The first kappa shape index (κ1) is 17.2. The van der Waals surface area contributed by atoms with Crippen molar-refractivity contribution in [2.75, 3.05) is 0 Å². The van der Waals surface area contributed by atoms with Crippen LogP contribution in [0.25, 0.3) is 0 Å². The number of aliphatic carboxylic acids is 1. The lowest BCUT2D eigenvalue weighted by molar-refractivity contribution is -0.137. The van der Waals surface area contributed by atoms with Crippen LogP contribution in [0, 0.1) is 19.7 Å². The molecule has 1 atom stereocenters. The topological polar surface area (TPSA) is 96.6 Å². The highest BCUT2D eigenvalue weighted by molar-refractivity contribution is 7.89. The van der Waals surface area contributed by atoms with Crippen LogP contribution in [0.4, 0.5) is 4.39 Å². The molecule has 0 radical (unpaired) electrons. The molecule has 8 heteroatoms. The van der Waals surface area contributed by atoms with E-state index in [0.29, 0.717) is 5.76 Å². The van der Waals surface area contributed by atoms with Gasteiger partial charge in [0, 0.05) is 0 Å². The molecule has 0 aliphatic heterocycles. The molecule has 0 saturated carbocycles. The predicted molar refractivity (Wildman–Crippen MR) is 79.9 cm³/mol. The van der Waals surface area contributed by atoms with Gasteiger partial charge in [0.1, 0.15) is 22.2 Å². The molecule has 124 valence electrons. The largest absolute Gasteiger partial charge is 0.481 e. The van der Waals surface area contributed by atoms with Crippen LogP contribution in [0.5, 0.6) is 0 Å². The van der Waals surface area contributed by atoms with Gasteiger partial charge in [-0.2, -0.15) is 4.72 Å². The van der Waals surface area contributed by atoms with Gasteiger partial charge in [-0.25, -0.2) is 12.8 Å². The summed E-state index contributed by atoms with van der Waals surface area (Å²) in [6.07, 6.45) is -0.528. The maximum absolute atomic E-state index is 14.1. The summed E-state index contributed by atoms with van der Waals surface area (Å²) in [5.41, 5.74) is 0.177. The summed E-state index contributed by atoms with van der Waals surface area (Å²) in [4.78, 5) is 10.5. The number of hydrogen-bond donors (Lipinski definition) is 2. The number of aryl methyl sites for hydroxylation is 2. The van der Waals surface area contributed by atoms with Crippen LogP contribution in [-0.2, 0) is 14.8 Å².